The van der Waals surface area contributed by atoms with Gasteiger partial charge in [0.25, 0.3) is 0 Å². The van der Waals surface area contributed by atoms with E-state index in [4.69, 9.17) is 0 Å². The topological polar surface area (TPSA) is 12.9 Å². The van der Waals surface area contributed by atoms with E-state index in [0.717, 1.165) is 43.4 Å². The fraction of sp³-hybridized carbons (Fsp3) is 0.381. The maximum absolute atomic E-state index is 12.7. The highest BCUT2D eigenvalue weighted by molar-refractivity contribution is 5.62. The zero-order valence-corrected chi connectivity index (χ0v) is 14.0. The van der Waals surface area contributed by atoms with Gasteiger partial charge in [0.05, 0.1) is 6.17 Å². The molecule has 0 fully saturated rings. The van der Waals surface area contributed by atoms with Gasteiger partial charge >= 0.3 is 0 Å². The predicted molar refractivity (Wildman–Crippen MR) is 96.3 cm³/mol. The number of allylic oxidation sites excluding steroid dienone is 1. The van der Waals surface area contributed by atoms with Crippen LogP contribution in [0.25, 0.3) is 11.1 Å². The Morgan fingerprint density at radius 3 is 2.39 bits per heavy atom. The molecular weight excluding hydrogens is 285 g/mol. The normalized spacial score (nSPS) is 12.1. The average molecular weight is 311 g/mol. The number of halogens is 1. The van der Waals surface area contributed by atoms with Gasteiger partial charge in [0.15, 0.2) is 0 Å². The largest absolute Gasteiger partial charge is 0.261 e. The van der Waals surface area contributed by atoms with Crippen molar-refractivity contribution in [3.63, 3.8) is 0 Å². The molecule has 0 aliphatic heterocycles. The molecule has 0 aliphatic rings. The van der Waals surface area contributed by atoms with Crippen LogP contribution in [0.2, 0.25) is 0 Å². The van der Waals surface area contributed by atoms with Gasteiger partial charge in [-0.25, -0.2) is 4.39 Å². The second kappa shape index (κ2) is 9.24. The zero-order chi connectivity index (χ0) is 16.5. The van der Waals surface area contributed by atoms with Crippen LogP contribution in [0.1, 0.15) is 43.9 Å². The van der Waals surface area contributed by atoms with Gasteiger partial charge in [0.1, 0.15) is 0 Å². The quantitative estimate of drug-likeness (QED) is 0.412. The maximum Gasteiger partial charge on any atom is 0.0973 e. The van der Waals surface area contributed by atoms with E-state index in [1.165, 1.54) is 11.1 Å². The Kier molecular flexibility index (Phi) is 6.99. The molecule has 1 unspecified atom stereocenters. The number of nitrogens with zero attached hydrogens (tertiary/aromatic N) is 1. The molecule has 0 amide bonds. The Hall–Kier alpha value is -1.96. The lowest BCUT2D eigenvalue weighted by molar-refractivity contribution is 0.330. The molecule has 0 aliphatic carbocycles. The molecule has 0 N–H and O–H groups in total. The van der Waals surface area contributed by atoms with Crippen LogP contribution in [0.5, 0.6) is 0 Å². The highest BCUT2D eigenvalue weighted by Gasteiger charge is 2.01. The summed E-state index contributed by atoms with van der Waals surface area (Å²) >= 11 is 0. The second-order valence-corrected chi connectivity index (χ2v) is 6.11. The molecule has 1 heterocycles. The fourth-order valence-electron chi connectivity index (χ4n) is 2.65. The van der Waals surface area contributed by atoms with Crippen LogP contribution < -0.4 is 0 Å². The van der Waals surface area contributed by atoms with Gasteiger partial charge < -0.3 is 0 Å². The molecule has 1 aromatic carbocycles. The highest BCUT2D eigenvalue weighted by Crippen LogP contribution is 2.20. The molecule has 1 aromatic heterocycles. The van der Waals surface area contributed by atoms with Crippen LogP contribution >= 0.6 is 0 Å². The molecule has 0 bridgehead atoms. The van der Waals surface area contributed by atoms with Crippen LogP contribution in [0.4, 0.5) is 4.39 Å². The highest BCUT2D eigenvalue weighted by atomic mass is 19.1. The van der Waals surface area contributed by atoms with Crippen molar-refractivity contribution in [3.8, 4) is 11.1 Å². The molecule has 1 nitrogen and oxygen atoms in total. The number of rotatable bonds is 9. The monoisotopic (exact) mass is 311 g/mol. The first-order valence-electron chi connectivity index (χ1n) is 8.48. The number of aromatic nitrogens is 1. The summed E-state index contributed by atoms with van der Waals surface area (Å²) in [6.45, 7) is 5.39. The second-order valence-electron chi connectivity index (χ2n) is 6.11. The molecule has 0 spiro atoms. The van der Waals surface area contributed by atoms with Gasteiger partial charge in [0.2, 0.25) is 0 Å². The molecule has 2 heteroatoms. The number of hydrogen-bond donors (Lipinski definition) is 0. The van der Waals surface area contributed by atoms with E-state index in [9.17, 15) is 4.39 Å². The van der Waals surface area contributed by atoms with E-state index in [-0.39, 0.29) is 0 Å². The Morgan fingerprint density at radius 2 is 1.78 bits per heavy atom. The van der Waals surface area contributed by atoms with Gasteiger partial charge in [-0.3, -0.25) is 4.98 Å². The Labute approximate surface area is 139 Å². The lowest BCUT2D eigenvalue weighted by Gasteiger charge is -2.05. The molecule has 2 rings (SSSR count). The number of hydrogen-bond acceptors (Lipinski definition) is 1. The number of aryl methyl sites for hydroxylation is 1. The fourth-order valence-corrected chi connectivity index (χ4v) is 2.65. The molecule has 2 aromatic rings. The summed E-state index contributed by atoms with van der Waals surface area (Å²) in [7, 11) is 0. The summed E-state index contributed by atoms with van der Waals surface area (Å²) in [5, 5.41) is 0. The number of unbranched alkanes of at least 4 members (excludes halogenated alkanes) is 2. The minimum atomic E-state index is -0.676. The van der Waals surface area contributed by atoms with Gasteiger partial charge in [-0.2, -0.15) is 0 Å². The molecule has 0 saturated heterocycles. The molecule has 122 valence electrons. The Balaban J connectivity index is 1.85. The van der Waals surface area contributed by atoms with Gasteiger partial charge in [-0.1, -0.05) is 49.2 Å². The van der Waals surface area contributed by atoms with Crippen LogP contribution in [-0.2, 0) is 12.8 Å². The third-order valence-corrected chi connectivity index (χ3v) is 4.03. The minimum absolute atomic E-state index is 0.675. The summed E-state index contributed by atoms with van der Waals surface area (Å²) < 4.78 is 12.7. The van der Waals surface area contributed by atoms with Gasteiger partial charge in [-0.15, -0.1) is 6.58 Å². The molecule has 0 saturated carbocycles. The van der Waals surface area contributed by atoms with E-state index in [0.29, 0.717) is 6.42 Å². The van der Waals surface area contributed by atoms with Crippen LogP contribution in [0.3, 0.4) is 0 Å². The summed E-state index contributed by atoms with van der Waals surface area (Å²) in [4.78, 5) is 4.56. The standard InChI is InChI=1S/C21H26FN/c1-3-7-18-10-12-19(13-11-18)20-14-15-21(23-16-20)9-6-4-5-8-17(2)22/h3,10-17H,1,4-9H2,2H3. The van der Waals surface area contributed by atoms with Crippen LogP contribution in [0, 0.1) is 0 Å². The van der Waals surface area contributed by atoms with E-state index in [2.05, 4.69) is 48.0 Å². The minimum Gasteiger partial charge on any atom is -0.261 e. The molecular formula is C21H26FN. The first-order chi connectivity index (χ1) is 11.2. The smallest absolute Gasteiger partial charge is 0.0973 e. The van der Waals surface area contributed by atoms with Crippen molar-refractivity contribution in [1.82, 2.24) is 4.98 Å². The molecule has 23 heavy (non-hydrogen) atoms. The predicted octanol–water partition coefficient (Wildman–Crippen LogP) is 5.94. The van der Waals surface area contributed by atoms with Gasteiger partial charge in [-0.05, 0) is 49.8 Å². The summed E-state index contributed by atoms with van der Waals surface area (Å²) in [5.41, 5.74) is 4.72. The van der Waals surface area contributed by atoms with E-state index < -0.39 is 6.17 Å². The van der Waals surface area contributed by atoms with Crippen molar-refractivity contribution in [3.05, 3.63) is 66.5 Å². The first kappa shape index (κ1) is 17.4. The first-order valence-corrected chi connectivity index (χ1v) is 8.48. The zero-order valence-electron chi connectivity index (χ0n) is 14.0. The van der Waals surface area contributed by atoms with Gasteiger partial charge in [0, 0.05) is 17.5 Å². The number of alkyl halides is 1. The average Bonchev–Trinajstić information content (AvgIpc) is 2.56. The summed E-state index contributed by atoms with van der Waals surface area (Å²) in [5.74, 6) is 0. The number of pyridine rings is 1. The third kappa shape index (κ3) is 5.97. The summed E-state index contributed by atoms with van der Waals surface area (Å²) in [6.07, 6.45) is 8.85. The molecule has 1 atom stereocenters. The SMILES string of the molecule is C=CCc1ccc(-c2ccc(CCCCCC(C)F)nc2)cc1. The van der Waals surface area contributed by atoms with Crippen molar-refractivity contribution in [1.29, 1.82) is 0 Å². The maximum atomic E-state index is 12.7. The van der Waals surface area contributed by atoms with Crippen LogP contribution in [-0.4, -0.2) is 11.2 Å². The van der Waals surface area contributed by atoms with Crippen molar-refractivity contribution in [2.24, 2.45) is 0 Å². The lowest BCUT2D eigenvalue weighted by Crippen LogP contribution is -1.94. The number of benzene rings is 1. The van der Waals surface area contributed by atoms with E-state index in [1.54, 1.807) is 6.92 Å². The Bertz CT molecular complexity index is 584. The van der Waals surface area contributed by atoms with Crippen LogP contribution in [0.15, 0.2) is 55.3 Å². The van der Waals surface area contributed by atoms with Crippen molar-refractivity contribution < 1.29 is 4.39 Å². The van der Waals surface area contributed by atoms with E-state index >= 15 is 0 Å². The third-order valence-electron chi connectivity index (χ3n) is 4.03. The van der Waals surface area contributed by atoms with Crippen molar-refractivity contribution >= 4 is 0 Å². The van der Waals surface area contributed by atoms with Crippen molar-refractivity contribution in [2.45, 2.75) is 51.6 Å². The summed E-state index contributed by atoms with van der Waals surface area (Å²) in [6, 6.07) is 12.8. The van der Waals surface area contributed by atoms with Crippen molar-refractivity contribution in [2.75, 3.05) is 0 Å². The Morgan fingerprint density at radius 1 is 1.04 bits per heavy atom. The van der Waals surface area contributed by atoms with E-state index in [1.807, 2.05) is 12.3 Å². The lowest BCUT2D eigenvalue weighted by atomic mass is 10.0. The molecule has 0 radical (unpaired) electrons.